The maximum absolute atomic E-state index is 12.0. The molecule has 1 aromatic carbocycles. The van der Waals surface area contributed by atoms with Crippen molar-refractivity contribution in [1.82, 2.24) is 5.32 Å². The Hall–Kier alpha value is -1.54. The predicted molar refractivity (Wildman–Crippen MR) is 79.8 cm³/mol. The van der Waals surface area contributed by atoms with Crippen LogP contribution in [0.15, 0.2) is 22.7 Å². The molecule has 1 aromatic rings. The normalized spacial score (nSPS) is 12.4. The van der Waals surface area contributed by atoms with E-state index in [1.54, 1.807) is 19.1 Å². The fraction of sp³-hybridized carbons (Fsp3) is 0.429. The lowest BCUT2D eigenvalue weighted by Crippen LogP contribution is -2.47. The molecule has 0 bridgehead atoms. The van der Waals surface area contributed by atoms with Crippen molar-refractivity contribution in [3.05, 3.63) is 28.2 Å². The number of benzene rings is 1. The van der Waals surface area contributed by atoms with Crippen LogP contribution in [0.25, 0.3) is 0 Å². The number of amides is 1. The third-order valence-electron chi connectivity index (χ3n) is 2.37. The summed E-state index contributed by atoms with van der Waals surface area (Å²) in [5, 5.41) is 15.0. The number of nitrogens with zero attached hydrogens (tertiary/aromatic N) is 1. The van der Waals surface area contributed by atoms with E-state index in [9.17, 15) is 4.79 Å². The van der Waals surface area contributed by atoms with E-state index in [0.717, 1.165) is 4.47 Å². The van der Waals surface area contributed by atoms with E-state index >= 15 is 0 Å². The van der Waals surface area contributed by atoms with Crippen molar-refractivity contribution in [2.75, 3.05) is 5.32 Å². The van der Waals surface area contributed by atoms with Gasteiger partial charge in [0.15, 0.2) is 0 Å². The first-order valence-corrected chi connectivity index (χ1v) is 6.80. The van der Waals surface area contributed by atoms with Crippen LogP contribution in [0.2, 0.25) is 0 Å². The summed E-state index contributed by atoms with van der Waals surface area (Å²) in [6.07, 6.45) is 0. The van der Waals surface area contributed by atoms with Crippen molar-refractivity contribution < 1.29 is 4.79 Å². The summed E-state index contributed by atoms with van der Waals surface area (Å²) in [6, 6.07) is 7.03. The standard InChI is InChI=1S/C14H18BrN3O/c1-9(13(19)18-14(2,3)4)17-12-6-5-11(15)7-10(12)8-16/h5-7,9,17H,1-4H3,(H,18,19). The van der Waals surface area contributed by atoms with Gasteiger partial charge >= 0.3 is 0 Å². The molecule has 1 atom stereocenters. The van der Waals surface area contributed by atoms with Gasteiger partial charge in [0.2, 0.25) is 5.91 Å². The highest BCUT2D eigenvalue weighted by atomic mass is 79.9. The van der Waals surface area contributed by atoms with Crippen molar-refractivity contribution in [1.29, 1.82) is 5.26 Å². The predicted octanol–water partition coefficient (Wildman–Crippen LogP) is 3.04. The average Bonchev–Trinajstić information content (AvgIpc) is 2.29. The minimum absolute atomic E-state index is 0.0979. The number of halogens is 1. The van der Waals surface area contributed by atoms with Crippen LogP contribution in [-0.2, 0) is 4.79 Å². The largest absolute Gasteiger partial charge is 0.373 e. The number of carbonyl (C=O) groups is 1. The van der Waals surface area contributed by atoms with E-state index in [1.165, 1.54) is 0 Å². The van der Waals surface area contributed by atoms with Gasteiger partial charge < -0.3 is 10.6 Å². The van der Waals surface area contributed by atoms with Crippen LogP contribution >= 0.6 is 15.9 Å². The van der Waals surface area contributed by atoms with Crippen molar-refractivity contribution in [2.24, 2.45) is 0 Å². The van der Waals surface area contributed by atoms with Gasteiger partial charge in [0, 0.05) is 10.0 Å². The Labute approximate surface area is 122 Å². The summed E-state index contributed by atoms with van der Waals surface area (Å²) in [6.45, 7) is 7.55. The molecular formula is C14H18BrN3O. The van der Waals surface area contributed by atoms with E-state index in [-0.39, 0.29) is 11.4 Å². The smallest absolute Gasteiger partial charge is 0.242 e. The number of nitriles is 1. The first kappa shape index (κ1) is 15.5. The second-order valence-corrected chi connectivity index (χ2v) is 6.32. The van der Waals surface area contributed by atoms with Gasteiger partial charge in [0.1, 0.15) is 12.1 Å². The Morgan fingerprint density at radius 1 is 1.42 bits per heavy atom. The zero-order chi connectivity index (χ0) is 14.6. The summed E-state index contributed by atoms with van der Waals surface area (Å²) in [4.78, 5) is 12.0. The monoisotopic (exact) mass is 323 g/mol. The fourth-order valence-corrected chi connectivity index (χ4v) is 1.87. The molecule has 0 aliphatic rings. The molecule has 19 heavy (non-hydrogen) atoms. The molecule has 0 heterocycles. The Balaban J connectivity index is 2.80. The molecule has 1 rings (SSSR count). The zero-order valence-corrected chi connectivity index (χ0v) is 13.1. The summed E-state index contributed by atoms with van der Waals surface area (Å²) in [5.41, 5.74) is 0.886. The molecular weight excluding hydrogens is 306 g/mol. The number of hydrogen-bond acceptors (Lipinski definition) is 3. The molecule has 0 radical (unpaired) electrons. The van der Waals surface area contributed by atoms with E-state index < -0.39 is 6.04 Å². The van der Waals surface area contributed by atoms with Crippen molar-refractivity contribution in [3.8, 4) is 6.07 Å². The number of hydrogen-bond donors (Lipinski definition) is 2. The van der Waals surface area contributed by atoms with Crippen LogP contribution in [-0.4, -0.2) is 17.5 Å². The first-order chi connectivity index (χ1) is 8.73. The summed E-state index contributed by atoms with van der Waals surface area (Å²) in [7, 11) is 0. The Bertz CT molecular complexity index is 514. The maximum atomic E-state index is 12.0. The second-order valence-electron chi connectivity index (χ2n) is 5.41. The molecule has 0 spiro atoms. The molecule has 4 nitrogen and oxygen atoms in total. The molecule has 0 saturated carbocycles. The van der Waals surface area contributed by atoms with Crippen LogP contribution in [0.4, 0.5) is 5.69 Å². The first-order valence-electron chi connectivity index (χ1n) is 6.01. The molecule has 1 unspecified atom stereocenters. The average molecular weight is 324 g/mol. The lowest BCUT2D eigenvalue weighted by molar-refractivity contribution is -0.122. The van der Waals surface area contributed by atoms with Crippen molar-refractivity contribution in [2.45, 2.75) is 39.3 Å². The molecule has 0 aliphatic carbocycles. The minimum Gasteiger partial charge on any atom is -0.373 e. The SMILES string of the molecule is CC(Nc1ccc(Br)cc1C#N)C(=O)NC(C)(C)C. The molecule has 0 aliphatic heterocycles. The van der Waals surface area contributed by atoms with Crippen molar-refractivity contribution >= 4 is 27.5 Å². The molecule has 5 heteroatoms. The number of carbonyl (C=O) groups excluding carboxylic acids is 1. The van der Waals surface area contributed by atoms with Gasteiger partial charge in [-0.1, -0.05) is 15.9 Å². The highest BCUT2D eigenvalue weighted by molar-refractivity contribution is 9.10. The molecule has 0 fully saturated rings. The van der Waals surface area contributed by atoms with E-state index in [1.807, 2.05) is 26.8 Å². The summed E-state index contributed by atoms with van der Waals surface area (Å²) in [5.74, 6) is -0.0979. The van der Waals surface area contributed by atoms with Gasteiger partial charge in [0.05, 0.1) is 11.3 Å². The summed E-state index contributed by atoms with van der Waals surface area (Å²) < 4.78 is 0.835. The lowest BCUT2D eigenvalue weighted by Gasteiger charge is -2.24. The molecule has 1 amide bonds. The van der Waals surface area contributed by atoms with Gasteiger partial charge in [-0.15, -0.1) is 0 Å². The van der Waals surface area contributed by atoms with Gasteiger partial charge in [-0.25, -0.2) is 0 Å². The van der Waals surface area contributed by atoms with E-state index in [4.69, 9.17) is 5.26 Å². The third kappa shape index (κ3) is 4.92. The Morgan fingerprint density at radius 2 is 2.05 bits per heavy atom. The molecule has 2 N–H and O–H groups in total. The number of nitrogens with one attached hydrogen (secondary N) is 2. The van der Waals surface area contributed by atoms with Gasteiger partial charge in [-0.05, 0) is 45.9 Å². The van der Waals surface area contributed by atoms with Gasteiger partial charge in [0.25, 0.3) is 0 Å². The quantitative estimate of drug-likeness (QED) is 0.898. The highest BCUT2D eigenvalue weighted by Gasteiger charge is 2.19. The Kier molecular flexibility index (Phi) is 4.96. The van der Waals surface area contributed by atoms with E-state index in [0.29, 0.717) is 11.3 Å². The van der Waals surface area contributed by atoms with Crippen molar-refractivity contribution in [3.63, 3.8) is 0 Å². The van der Waals surface area contributed by atoms with E-state index in [2.05, 4.69) is 32.6 Å². The van der Waals surface area contributed by atoms with Gasteiger partial charge in [-0.3, -0.25) is 4.79 Å². The lowest BCUT2D eigenvalue weighted by atomic mass is 10.1. The van der Waals surface area contributed by atoms with Crippen LogP contribution in [0.5, 0.6) is 0 Å². The molecule has 0 aromatic heterocycles. The number of anilines is 1. The fourth-order valence-electron chi connectivity index (χ4n) is 1.51. The Morgan fingerprint density at radius 3 is 2.58 bits per heavy atom. The van der Waals surface area contributed by atoms with Gasteiger partial charge in [-0.2, -0.15) is 5.26 Å². The van der Waals surface area contributed by atoms with Crippen LogP contribution in [0.3, 0.4) is 0 Å². The second kappa shape index (κ2) is 6.07. The maximum Gasteiger partial charge on any atom is 0.242 e. The van der Waals surface area contributed by atoms with Crippen LogP contribution < -0.4 is 10.6 Å². The topological polar surface area (TPSA) is 64.9 Å². The number of rotatable bonds is 3. The molecule has 102 valence electrons. The highest BCUT2D eigenvalue weighted by Crippen LogP contribution is 2.21. The molecule has 0 saturated heterocycles. The zero-order valence-electron chi connectivity index (χ0n) is 11.5. The third-order valence-corrected chi connectivity index (χ3v) is 2.86. The van der Waals surface area contributed by atoms with Crippen LogP contribution in [0, 0.1) is 11.3 Å². The minimum atomic E-state index is -0.410. The summed E-state index contributed by atoms with van der Waals surface area (Å²) >= 11 is 3.31. The van der Waals surface area contributed by atoms with Crippen LogP contribution in [0.1, 0.15) is 33.3 Å².